The molecule has 0 radical (unpaired) electrons. The number of carbonyl (C=O) groups excluding carboxylic acids is 2. The summed E-state index contributed by atoms with van der Waals surface area (Å²) >= 11 is 5.32. The summed E-state index contributed by atoms with van der Waals surface area (Å²) in [5.74, 6) is -0.661. The van der Waals surface area contributed by atoms with Crippen molar-refractivity contribution in [1.82, 2.24) is 5.32 Å². The molecule has 1 fully saturated rings. The molecule has 6 nitrogen and oxygen atoms in total. The number of hydrogen-bond donors (Lipinski definition) is 1. The number of methoxy groups -OCH3 is 1. The predicted octanol–water partition coefficient (Wildman–Crippen LogP) is 2.86. The molecule has 1 amide bonds. The largest absolute Gasteiger partial charge is 0.467 e. The molecule has 0 spiro atoms. The average molecular weight is 318 g/mol. The zero-order valence-electron chi connectivity index (χ0n) is 13.1. The minimum atomic E-state index is -0.732. The van der Waals surface area contributed by atoms with Crippen molar-refractivity contribution >= 4 is 23.7 Å². The third-order valence-corrected chi connectivity index (χ3v) is 3.96. The van der Waals surface area contributed by atoms with Gasteiger partial charge in [0.15, 0.2) is 6.04 Å². The van der Waals surface area contributed by atoms with Crippen LogP contribution in [-0.4, -0.2) is 31.1 Å². The van der Waals surface area contributed by atoms with E-state index in [4.69, 9.17) is 16.5 Å². The van der Waals surface area contributed by atoms with E-state index in [1.165, 1.54) is 7.11 Å². The van der Waals surface area contributed by atoms with Crippen molar-refractivity contribution < 1.29 is 14.3 Å². The minimum absolute atomic E-state index is 0.130. The smallest absolute Gasteiger partial charge is 0.328 e. The summed E-state index contributed by atoms with van der Waals surface area (Å²) in [4.78, 5) is 24.3. The Balaban J connectivity index is 2.84. The Morgan fingerprint density at radius 3 is 2.29 bits per heavy atom. The third kappa shape index (κ3) is 4.95. The zero-order chi connectivity index (χ0) is 16.0. The molecule has 0 aromatic carbocycles. The number of amides is 1. The number of rotatable bonds is 5. The summed E-state index contributed by atoms with van der Waals surface area (Å²) in [5.41, 5.74) is -0.457. The highest BCUT2D eigenvalue weighted by Crippen LogP contribution is 2.30. The Morgan fingerprint density at radius 2 is 1.86 bits per heavy atom. The van der Waals surface area contributed by atoms with Crippen molar-refractivity contribution in [2.45, 2.75) is 58.5 Å². The van der Waals surface area contributed by atoms with Crippen LogP contribution in [0.25, 0.3) is 0 Å². The third-order valence-electron chi connectivity index (χ3n) is 3.87. The fraction of sp³-hybridized carbons (Fsp3) is 0.857. The number of carbonyl (C=O) groups is 2. The molecule has 1 N–H and O–H groups in total. The van der Waals surface area contributed by atoms with Crippen LogP contribution in [-0.2, 0) is 14.3 Å². The van der Waals surface area contributed by atoms with Gasteiger partial charge >= 0.3 is 5.97 Å². The first-order valence-electron chi connectivity index (χ1n) is 7.20. The van der Waals surface area contributed by atoms with Crippen LogP contribution in [0.4, 0.5) is 0 Å². The van der Waals surface area contributed by atoms with E-state index in [-0.39, 0.29) is 11.8 Å². The van der Waals surface area contributed by atoms with Crippen molar-refractivity contribution in [3.63, 3.8) is 0 Å². The first kappa shape index (κ1) is 17.9. The molecule has 1 aliphatic rings. The highest BCUT2D eigenvalue weighted by Gasteiger charge is 2.38. The van der Waals surface area contributed by atoms with Crippen LogP contribution in [0.1, 0.15) is 46.5 Å². The average Bonchev–Trinajstić information content (AvgIpc) is 2.93. The molecule has 0 aromatic rings. The normalized spacial score (nSPS) is 19.5. The van der Waals surface area contributed by atoms with Crippen LogP contribution in [0, 0.1) is 11.3 Å². The number of esters is 1. The van der Waals surface area contributed by atoms with E-state index in [0.717, 1.165) is 25.7 Å². The Kier molecular flexibility index (Phi) is 6.58. The number of halogens is 1. The first-order chi connectivity index (χ1) is 9.81. The van der Waals surface area contributed by atoms with E-state index < -0.39 is 23.5 Å². The molecule has 0 heterocycles. The van der Waals surface area contributed by atoms with Crippen molar-refractivity contribution in [2.75, 3.05) is 7.11 Å². The summed E-state index contributed by atoms with van der Waals surface area (Å²) in [6.45, 7) is 5.59. The molecule has 1 aliphatic carbocycles. The lowest BCUT2D eigenvalue weighted by Gasteiger charge is -2.30. The van der Waals surface area contributed by atoms with Gasteiger partial charge in [0.25, 0.3) is 0 Å². The van der Waals surface area contributed by atoms with Crippen LogP contribution < -0.4 is 5.32 Å². The number of nitrogens with one attached hydrogen (secondary N) is 1. The van der Waals surface area contributed by atoms with Gasteiger partial charge in [0.05, 0.1) is 18.9 Å². The maximum atomic E-state index is 12.5. The lowest BCUT2D eigenvalue weighted by molar-refractivity contribution is -0.148. The first-order valence-corrected chi connectivity index (χ1v) is 7.54. The van der Waals surface area contributed by atoms with Gasteiger partial charge in [-0.3, -0.25) is 4.79 Å². The highest BCUT2D eigenvalue weighted by molar-refractivity contribution is 6.14. The predicted molar refractivity (Wildman–Crippen MR) is 79.9 cm³/mol. The second kappa shape index (κ2) is 7.73. The quantitative estimate of drug-likeness (QED) is 0.625. The van der Waals surface area contributed by atoms with Crippen LogP contribution in [0.5, 0.6) is 0 Å². The Labute approximate surface area is 130 Å². The fourth-order valence-corrected chi connectivity index (χ4v) is 2.75. The second-order valence-electron chi connectivity index (χ2n) is 6.51. The summed E-state index contributed by atoms with van der Waals surface area (Å²) in [6.07, 6.45) is 4.00. The lowest BCUT2D eigenvalue weighted by atomic mass is 9.86. The van der Waals surface area contributed by atoms with E-state index in [2.05, 4.69) is 15.1 Å². The highest BCUT2D eigenvalue weighted by atomic mass is 35.5. The van der Waals surface area contributed by atoms with E-state index in [1.807, 2.05) is 20.8 Å². The molecule has 0 aromatic heterocycles. The van der Waals surface area contributed by atoms with Crippen molar-refractivity contribution in [3.8, 4) is 0 Å². The van der Waals surface area contributed by atoms with Crippen LogP contribution >= 0.6 is 11.8 Å². The molecule has 0 unspecified atom stereocenters. The van der Waals surface area contributed by atoms with Crippen molar-refractivity contribution in [3.05, 3.63) is 0 Å². The molecule has 120 valence electrons. The fourth-order valence-electron chi connectivity index (χ4n) is 2.66. The zero-order valence-corrected chi connectivity index (χ0v) is 13.8. The van der Waals surface area contributed by atoms with Gasteiger partial charge in [-0.25, -0.2) is 4.79 Å². The van der Waals surface area contributed by atoms with Gasteiger partial charge in [-0.15, -0.1) is 0 Å². The molecule has 7 heteroatoms. The number of nitrogens with zero attached hydrogens (tertiary/aromatic N) is 2. The number of ether oxygens (including phenoxy) is 1. The van der Waals surface area contributed by atoms with Gasteiger partial charge in [-0.1, -0.05) is 38.2 Å². The summed E-state index contributed by atoms with van der Waals surface area (Å²) < 4.78 is 8.03. The molecule has 0 saturated heterocycles. The standard InChI is InChI=1S/C14H24ClN3O3/c1-14(2,3)11(13(20)21-4)16-12(19)10(17-18-15)9-7-5-6-8-9/h9-11H,5-8H2,1-4H3,(H,16,19)/b18-17+/t10-,11+/m0/s1. The molecule has 21 heavy (non-hydrogen) atoms. The van der Waals surface area contributed by atoms with E-state index in [9.17, 15) is 9.59 Å². The van der Waals surface area contributed by atoms with Crippen LogP contribution in [0.3, 0.4) is 0 Å². The minimum Gasteiger partial charge on any atom is -0.467 e. The van der Waals surface area contributed by atoms with Gasteiger partial charge in [0, 0.05) is 0 Å². The molecule has 1 rings (SSSR count). The van der Waals surface area contributed by atoms with E-state index in [1.54, 1.807) is 0 Å². The molecular weight excluding hydrogens is 294 g/mol. The van der Waals surface area contributed by atoms with E-state index >= 15 is 0 Å². The lowest BCUT2D eigenvalue weighted by Crippen LogP contribution is -2.53. The maximum absolute atomic E-state index is 12.5. The summed E-state index contributed by atoms with van der Waals surface area (Å²) in [7, 11) is 1.31. The monoisotopic (exact) mass is 317 g/mol. The van der Waals surface area contributed by atoms with Gasteiger partial charge in [0.2, 0.25) is 5.91 Å². The van der Waals surface area contributed by atoms with Crippen molar-refractivity contribution in [1.29, 1.82) is 0 Å². The topological polar surface area (TPSA) is 80.1 Å². The molecular formula is C14H24ClN3O3. The Morgan fingerprint density at radius 1 is 1.29 bits per heavy atom. The number of hydrogen-bond acceptors (Lipinski definition) is 5. The summed E-state index contributed by atoms with van der Waals surface area (Å²) in [6, 6.07) is -1.37. The van der Waals surface area contributed by atoms with Gasteiger partial charge in [-0.2, -0.15) is 5.11 Å². The maximum Gasteiger partial charge on any atom is 0.328 e. The van der Waals surface area contributed by atoms with Gasteiger partial charge in [-0.05, 0) is 24.2 Å². The summed E-state index contributed by atoms with van der Waals surface area (Å²) in [5, 5.41) is 6.60. The molecule has 0 bridgehead atoms. The van der Waals surface area contributed by atoms with E-state index in [0.29, 0.717) is 0 Å². The molecule has 2 atom stereocenters. The SMILES string of the molecule is COC(=O)[C@@H](NC(=O)[C@@H](/N=N/Cl)C1CCCC1)C(C)(C)C. The second-order valence-corrected chi connectivity index (χ2v) is 6.66. The van der Waals surface area contributed by atoms with Crippen LogP contribution in [0.15, 0.2) is 9.75 Å². The molecule has 1 saturated carbocycles. The van der Waals surface area contributed by atoms with Gasteiger partial charge in [0.1, 0.15) is 6.04 Å². The Hall–Kier alpha value is -1.17. The Bertz CT molecular complexity index is 401. The van der Waals surface area contributed by atoms with Crippen molar-refractivity contribution in [2.24, 2.45) is 21.1 Å². The van der Waals surface area contributed by atoms with Crippen LogP contribution in [0.2, 0.25) is 0 Å². The molecule has 0 aliphatic heterocycles. The van der Waals surface area contributed by atoms with Gasteiger partial charge < -0.3 is 10.1 Å².